The topological polar surface area (TPSA) is 126 Å². The predicted octanol–water partition coefficient (Wildman–Crippen LogP) is 3.61. The van der Waals surface area contributed by atoms with Crippen molar-refractivity contribution in [3.8, 4) is 0 Å². The van der Waals surface area contributed by atoms with Gasteiger partial charge in [0.15, 0.2) is 15.5 Å². The maximum Gasteiger partial charge on any atom is 0.228 e. The van der Waals surface area contributed by atoms with Crippen molar-refractivity contribution in [3.63, 3.8) is 0 Å². The number of aromatic amines is 1. The second-order valence-corrected chi connectivity index (χ2v) is 10.5. The first-order valence-electron chi connectivity index (χ1n) is 10.7. The number of ether oxygens (including phenoxy) is 1. The normalized spacial score (nSPS) is 18.8. The van der Waals surface area contributed by atoms with E-state index in [4.69, 9.17) is 4.74 Å². The van der Waals surface area contributed by atoms with Gasteiger partial charge in [-0.05, 0) is 50.3 Å². The third-order valence-electron chi connectivity index (χ3n) is 5.75. The third-order valence-corrected chi connectivity index (χ3v) is 6.88. The Balaban J connectivity index is 1.54. The lowest BCUT2D eigenvalue weighted by atomic mass is 10.1. The maximum atomic E-state index is 12.6. The molecule has 2 aliphatic rings. The summed E-state index contributed by atoms with van der Waals surface area (Å²) in [6, 6.07) is 7.00. The van der Waals surface area contributed by atoms with Gasteiger partial charge in [0.1, 0.15) is 17.2 Å². The van der Waals surface area contributed by atoms with Crippen LogP contribution in [0, 0.1) is 12.8 Å². The summed E-state index contributed by atoms with van der Waals surface area (Å²) in [5.74, 6) is 1.03. The zero-order chi connectivity index (χ0) is 22.5. The molecule has 168 valence electrons. The molecule has 0 spiro atoms. The van der Waals surface area contributed by atoms with Crippen LogP contribution in [0.25, 0.3) is 11.2 Å². The molecule has 5 rings (SSSR count). The summed E-state index contributed by atoms with van der Waals surface area (Å²) >= 11 is 0. The fourth-order valence-electron chi connectivity index (χ4n) is 3.97. The Hall–Kier alpha value is -2.98. The van der Waals surface area contributed by atoms with Crippen LogP contribution in [-0.4, -0.2) is 42.1 Å². The van der Waals surface area contributed by atoms with Gasteiger partial charge in [0.25, 0.3) is 0 Å². The van der Waals surface area contributed by atoms with Crippen molar-refractivity contribution in [3.05, 3.63) is 35.7 Å². The summed E-state index contributed by atoms with van der Waals surface area (Å²) in [5.41, 5.74) is 2.91. The number of aryl methyl sites for hydroxylation is 1. The average Bonchev–Trinajstić information content (AvgIpc) is 3.30. The van der Waals surface area contributed by atoms with Crippen molar-refractivity contribution < 1.29 is 17.9 Å². The highest BCUT2D eigenvalue weighted by Gasteiger charge is 2.30. The molecular weight excluding hydrogens is 430 g/mol. The van der Waals surface area contributed by atoms with E-state index in [2.05, 4.69) is 25.6 Å². The van der Waals surface area contributed by atoms with E-state index >= 15 is 0 Å². The minimum absolute atomic E-state index is 0.0367. The molecule has 3 aromatic rings. The zero-order valence-electron chi connectivity index (χ0n) is 17.9. The van der Waals surface area contributed by atoms with E-state index in [0.717, 1.165) is 31.2 Å². The monoisotopic (exact) mass is 455 g/mol. The van der Waals surface area contributed by atoms with Crippen molar-refractivity contribution in [2.75, 3.05) is 23.5 Å². The highest BCUT2D eigenvalue weighted by Crippen LogP contribution is 2.36. The SMILES string of the molecule is Cc1nc2c(Nc3ccc(C4CCCO4)cc3S(C)(=O)=O)cc(NC(=O)C3CC3)nc2[nH]1. The summed E-state index contributed by atoms with van der Waals surface area (Å²) < 4.78 is 30.9. The van der Waals surface area contributed by atoms with Gasteiger partial charge in [-0.25, -0.2) is 18.4 Å². The lowest BCUT2D eigenvalue weighted by molar-refractivity contribution is -0.117. The van der Waals surface area contributed by atoms with Crippen molar-refractivity contribution in [1.82, 2.24) is 15.0 Å². The first-order valence-corrected chi connectivity index (χ1v) is 12.6. The van der Waals surface area contributed by atoms with Gasteiger partial charge in [-0.1, -0.05) is 6.07 Å². The molecule has 1 atom stereocenters. The summed E-state index contributed by atoms with van der Waals surface area (Å²) in [6.07, 6.45) is 4.71. The number of benzene rings is 1. The lowest BCUT2D eigenvalue weighted by Crippen LogP contribution is -2.14. The molecule has 3 heterocycles. The number of fused-ring (bicyclic) bond motifs is 1. The zero-order valence-corrected chi connectivity index (χ0v) is 18.8. The highest BCUT2D eigenvalue weighted by atomic mass is 32.2. The number of H-pyrrole nitrogens is 1. The molecule has 2 aromatic heterocycles. The van der Waals surface area contributed by atoms with Gasteiger partial charge in [-0.15, -0.1) is 0 Å². The van der Waals surface area contributed by atoms with E-state index in [1.807, 2.05) is 13.0 Å². The molecule has 1 aliphatic carbocycles. The number of nitrogens with zero attached hydrogens (tertiary/aromatic N) is 2. The second kappa shape index (κ2) is 7.86. The van der Waals surface area contributed by atoms with Gasteiger partial charge < -0.3 is 20.4 Å². The largest absolute Gasteiger partial charge is 0.374 e. The second-order valence-electron chi connectivity index (χ2n) is 8.49. The molecule has 1 aliphatic heterocycles. The smallest absolute Gasteiger partial charge is 0.228 e. The third kappa shape index (κ3) is 4.20. The van der Waals surface area contributed by atoms with E-state index in [1.165, 1.54) is 6.26 Å². The lowest BCUT2D eigenvalue weighted by Gasteiger charge is -2.16. The van der Waals surface area contributed by atoms with Crippen molar-refractivity contribution in [2.24, 2.45) is 5.92 Å². The number of nitrogens with one attached hydrogen (secondary N) is 3. The number of rotatable bonds is 6. The molecular formula is C22H25N5O4S. The highest BCUT2D eigenvalue weighted by molar-refractivity contribution is 7.90. The van der Waals surface area contributed by atoms with E-state index in [-0.39, 0.29) is 22.8 Å². The van der Waals surface area contributed by atoms with Crippen molar-refractivity contribution in [1.29, 1.82) is 0 Å². The fourth-order valence-corrected chi connectivity index (χ4v) is 4.84. The Kier molecular flexibility index (Phi) is 5.13. The summed E-state index contributed by atoms with van der Waals surface area (Å²) in [4.78, 5) is 24.5. The summed E-state index contributed by atoms with van der Waals surface area (Å²) in [6.45, 7) is 2.49. The molecule has 1 unspecified atom stereocenters. The number of hydrogen-bond donors (Lipinski definition) is 3. The van der Waals surface area contributed by atoms with Gasteiger partial charge >= 0.3 is 0 Å². The van der Waals surface area contributed by atoms with E-state index < -0.39 is 9.84 Å². The van der Waals surface area contributed by atoms with Gasteiger partial charge in [0, 0.05) is 24.8 Å². The molecule has 9 nitrogen and oxygen atoms in total. The van der Waals surface area contributed by atoms with Crippen LogP contribution in [-0.2, 0) is 19.4 Å². The number of carbonyl (C=O) groups excluding carboxylic acids is 1. The molecule has 1 saturated heterocycles. The van der Waals surface area contributed by atoms with Gasteiger partial charge in [-0.3, -0.25) is 4.79 Å². The van der Waals surface area contributed by atoms with Crippen molar-refractivity contribution in [2.45, 2.75) is 43.6 Å². The molecule has 1 aromatic carbocycles. The minimum Gasteiger partial charge on any atom is -0.374 e. The Bertz CT molecular complexity index is 1310. The predicted molar refractivity (Wildman–Crippen MR) is 121 cm³/mol. The number of pyridine rings is 1. The number of imidazole rings is 1. The number of sulfone groups is 1. The van der Waals surface area contributed by atoms with Crippen LogP contribution < -0.4 is 10.6 Å². The van der Waals surface area contributed by atoms with Crippen LogP contribution in [0.2, 0.25) is 0 Å². The first kappa shape index (κ1) is 20.9. The van der Waals surface area contributed by atoms with Gasteiger partial charge in [0.05, 0.1) is 22.4 Å². The molecule has 1 saturated carbocycles. The van der Waals surface area contributed by atoms with Crippen LogP contribution in [0.3, 0.4) is 0 Å². The van der Waals surface area contributed by atoms with Crippen LogP contribution in [0.5, 0.6) is 0 Å². The number of aromatic nitrogens is 3. The molecule has 2 fully saturated rings. The number of carbonyl (C=O) groups is 1. The maximum absolute atomic E-state index is 12.6. The van der Waals surface area contributed by atoms with E-state index in [0.29, 0.717) is 40.8 Å². The average molecular weight is 456 g/mol. The number of amides is 1. The van der Waals surface area contributed by atoms with Gasteiger partial charge in [-0.2, -0.15) is 0 Å². The Morgan fingerprint density at radius 3 is 2.66 bits per heavy atom. The molecule has 1 amide bonds. The molecule has 10 heteroatoms. The minimum atomic E-state index is -3.52. The number of anilines is 3. The summed E-state index contributed by atoms with van der Waals surface area (Å²) in [5, 5.41) is 6.07. The Morgan fingerprint density at radius 1 is 1.16 bits per heavy atom. The summed E-state index contributed by atoms with van der Waals surface area (Å²) in [7, 11) is -3.52. The van der Waals surface area contributed by atoms with Crippen LogP contribution >= 0.6 is 0 Å². The Labute approximate surface area is 185 Å². The van der Waals surface area contributed by atoms with Crippen LogP contribution in [0.15, 0.2) is 29.2 Å². The van der Waals surface area contributed by atoms with Gasteiger partial charge in [0.2, 0.25) is 5.91 Å². The first-order chi connectivity index (χ1) is 15.3. The molecule has 3 N–H and O–H groups in total. The van der Waals surface area contributed by atoms with Crippen LogP contribution in [0.4, 0.5) is 17.2 Å². The number of hydrogen-bond acceptors (Lipinski definition) is 7. The van der Waals surface area contributed by atoms with E-state index in [9.17, 15) is 13.2 Å². The standard InChI is InChI=1S/C22H25N5O4S/c1-12-23-20-16(11-19(26-21(20)24-12)27-22(28)13-5-6-13)25-15-8-7-14(17-4-3-9-31-17)10-18(15)32(2,29)30/h7-8,10-11,13,17H,3-6,9H2,1-2H3,(H3,23,24,25,26,27,28). The van der Waals surface area contributed by atoms with Crippen molar-refractivity contribution >= 4 is 44.1 Å². The Morgan fingerprint density at radius 2 is 1.97 bits per heavy atom. The molecule has 32 heavy (non-hydrogen) atoms. The van der Waals surface area contributed by atoms with E-state index in [1.54, 1.807) is 18.2 Å². The molecule has 0 radical (unpaired) electrons. The quantitative estimate of drug-likeness (QED) is 0.518. The van der Waals surface area contributed by atoms with Crippen LogP contribution in [0.1, 0.15) is 43.2 Å². The fraction of sp³-hybridized carbons (Fsp3) is 0.409. The molecule has 0 bridgehead atoms.